The third-order valence-electron chi connectivity index (χ3n) is 1.80. The Morgan fingerprint density at radius 1 is 1.69 bits per heavy atom. The van der Waals surface area contributed by atoms with Crippen LogP contribution in [-0.4, -0.2) is 17.5 Å². The molecule has 13 heavy (non-hydrogen) atoms. The molecule has 0 aromatic carbocycles. The number of anilines is 1. The number of amides is 1. The van der Waals surface area contributed by atoms with Gasteiger partial charge in [-0.3, -0.25) is 4.79 Å². The lowest BCUT2D eigenvalue weighted by Crippen LogP contribution is -2.07. The summed E-state index contributed by atoms with van der Waals surface area (Å²) in [4.78, 5) is 14.7. The van der Waals surface area contributed by atoms with Crippen molar-refractivity contribution in [2.75, 3.05) is 11.9 Å². The molecule has 0 bridgehead atoms. The van der Waals surface area contributed by atoms with Gasteiger partial charge in [0.25, 0.3) is 0 Å². The second-order valence-corrected chi connectivity index (χ2v) is 2.98. The molecule has 1 fully saturated rings. The van der Waals surface area contributed by atoms with Crippen LogP contribution < -0.4 is 5.32 Å². The van der Waals surface area contributed by atoms with E-state index in [9.17, 15) is 4.79 Å². The van der Waals surface area contributed by atoms with Gasteiger partial charge in [-0.2, -0.15) is 0 Å². The molecule has 0 saturated carbocycles. The Bertz CT molecular complexity index is 317. The Morgan fingerprint density at radius 3 is 2.92 bits per heavy atom. The third-order valence-corrected chi connectivity index (χ3v) is 1.80. The van der Waals surface area contributed by atoms with Crippen LogP contribution >= 0.6 is 0 Å². The summed E-state index contributed by atoms with van der Waals surface area (Å²) in [5.41, 5.74) is 1.06. The maximum atomic E-state index is 10.7. The zero-order valence-corrected chi connectivity index (χ0v) is 7.28. The predicted molar refractivity (Wildman–Crippen MR) is 47.2 cm³/mol. The van der Waals surface area contributed by atoms with Crippen molar-refractivity contribution in [2.45, 2.75) is 13.0 Å². The number of rotatable bonds is 2. The van der Waals surface area contributed by atoms with Gasteiger partial charge in [-0.1, -0.05) is 6.07 Å². The number of hydrogen-bond donors (Lipinski definition) is 1. The van der Waals surface area contributed by atoms with Crippen molar-refractivity contribution in [2.24, 2.45) is 0 Å². The van der Waals surface area contributed by atoms with Crippen LogP contribution in [0.15, 0.2) is 18.3 Å². The standard InChI is InChI=1S/C9H10N2O2/c1-6(12)11-9-3-2-7(4-10-9)8-5-13-8/h2-4,8H,5H2,1H3,(H,10,11,12)/t8-/m0/s1. The molecule has 2 heterocycles. The summed E-state index contributed by atoms with van der Waals surface area (Å²) in [6, 6.07) is 3.69. The number of carbonyl (C=O) groups is 1. The van der Waals surface area contributed by atoms with Gasteiger partial charge in [0.15, 0.2) is 0 Å². The van der Waals surface area contributed by atoms with Gasteiger partial charge in [0, 0.05) is 18.7 Å². The van der Waals surface area contributed by atoms with Gasteiger partial charge in [-0.15, -0.1) is 0 Å². The first kappa shape index (κ1) is 8.19. The molecule has 0 radical (unpaired) electrons. The van der Waals surface area contributed by atoms with Gasteiger partial charge < -0.3 is 10.1 Å². The SMILES string of the molecule is CC(=O)Nc1ccc([C@@H]2CO2)cn1. The molecule has 1 aromatic heterocycles. The van der Waals surface area contributed by atoms with Gasteiger partial charge in [-0.25, -0.2) is 4.98 Å². The van der Waals surface area contributed by atoms with Crippen LogP contribution in [0.1, 0.15) is 18.6 Å². The monoisotopic (exact) mass is 178 g/mol. The smallest absolute Gasteiger partial charge is 0.222 e. The summed E-state index contributed by atoms with van der Waals surface area (Å²) in [5.74, 6) is 0.472. The van der Waals surface area contributed by atoms with Crippen molar-refractivity contribution < 1.29 is 9.53 Å². The zero-order chi connectivity index (χ0) is 9.26. The van der Waals surface area contributed by atoms with Crippen molar-refractivity contribution in [1.82, 2.24) is 4.98 Å². The highest BCUT2D eigenvalue weighted by Gasteiger charge is 2.24. The van der Waals surface area contributed by atoms with Crippen LogP contribution in [0.25, 0.3) is 0 Å². The average molecular weight is 178 g/mol. The van der Waals surface area contributed by atoms with Gasteiger partial charge >= 0.3 is 0 Å². The summed E-state index contributed by atoms with van der Waals surface area (Å²) in [6.45, 7) is 2.24. The third kappa shape index (κ3) is 2.03. The van der Waals surface area contributed by atoms with E-state index < -0.39 is 0 Å². The highest BCUT2D eigenvalue weighted by atomic mass is 16.6. The predicted octanol–water partition coefficient (Wildman–Crippen LogP) is 1.11. The molecule has 1 atom stereocenters. The summed E-state index contributed by atoms with van der Waals surface area (Å²) < 4.78 is 5.09. The normalized spacial score (nSPS) is 19.6. The van der Waals surface area contributed by atoms with Crippen LogP contribution in [0.3, 0.4) is 0 Å². The van der Waals surface area contributed by atoms with Gasteiger partial charge in [-0.05, 0) is 6.07 Å². The Labute approximate surface area is 75.9 Å². The highest BCUT2D eigenvalue weighted by Crippen LogP contribution is 2.29. The molecule has 1 aliphatic heterocycles. The van der Waals surface area contributed by atoms with Gasteiger partial charge in [0.2, 0.25) is 5.91 Å². The molecule has 0 unspecified atom stereocenters. The molecule has 4 nitrogen and oxygen atoms in total. The number of ether oxygens (including phenoxy) is 1. The lowest BCUT2D eigenvalue weighted by Gasteiger charge is -2.00. The molecule has 1 aliphatic rings. The maximum absolute atomic E-state index is 10.7. The van der Waals surface area contributed by atoms with E-state index in [0.717, 1.165) is 12.2 Å². The molecular formula is C9H10N2O2. The summed E-state index contributed by atoms with van der Waals surface area (Å²) in [5, 5.41) is 2.60. The average Bonchev–Trinajstić information content (AvgIpc) is 2.87. The number of nitrogens with one attached hydrogen (secondary N) is 1. The van der Waals surface area contributed by atoms with Crippen LogP contribution in [0.5, 0.6) is 0 Å². The van der Waals surface area contributed by atoms with Crippen molar-refractivity contribution in [1.29, 1.82) is 0 Å². The molecule has 68 valence electrons. The van der Waals surface area contributed by atoms with Gasteiger partial charge in [0.1, 0.15) is 11.9 Å². The number of nitrogens with zero attached hydrogens (tertiary/aromatic N) is 1. The Kier molecular flexibility index (Phi) is 1.98. The van der Waals surface area contributed by atoms with Gasteiger partial charge in [0.05, 0.1) is 6.61 Å². The molecule has 2 rings (SSSR count). The quantitative estimate of drug-likeness (QED) is 0.690. The zero-order valence-electron chi connectivity index (χ0n) is 7.28. The van der Waals surface area contributed by atoms with E-state index >= 15 is 0 Å². The number of epoxide rings is 1. The summed E-state index contributed by atoms with van der Waals surface area (Å²) in [6.07, 6.45) is 1.95. The molecule has 1 N–H and O–H groups in total. The molecule has 0 aliphatic carbocycles. The van der Waals surface area contributed by atoms with E-state index in [1.165, 1.54) is 6.92 Å². The number of carbonyl (C=O) groups excluding carboxylic acids is 1. The second kappa shape index (κ2) is 3.14. The first-order valence-corrected chi connectivity index (χ1v) is 4.11. The maximum Gasteiger partial charge on any atom is 0.222 e. The van der Waals surface area contributed by atoms with Crippen LogP contribution in [0.2, 0.25) is 0 Å². The first-order valence-electron chi connectivity index (χ1n) is 4.11. The first-order chi connectivity index (χ1) is 6.25. The fourth-order valence-electron chi connectivity index (χ4n) is 1.09. The Morgan fingerprint density at radius 2 is 2.46 bits per heavy atom. The lowest BCUT2D eigenvalue weighted by atomic mass is 10.2. The minimum atomic E-state index is -0.108. The number of hydrogen-bond acceptors (Lipinski definition) is 3. The largest absolute Gasteiger partial charge is 0.368 e. The van der Waals surface area contributed by atoms with Crippen molar-refractivity contribution >= 4 is 11.7 Å². The molecule has 4 heteroatoms. The van der Waals surface area contributed by atoms with E-state index in [1.807, 2.05) is 6.07 Å². The lowest BCUT2D eigenvalue weighted by molar-refractivity contribution is -0.114. The molecule has 0 spiro atoms. The molecule has 1 amide bonds. The summed E-state index contributed by atoms with van der Waals surface area (Å²) >= 11 is 0. The topological polar surface area (TPSA) is 54.5 Å². The van der Waals surface area contributed by atoms with Crippen molar-refractivity contribution in [3.05, 3.63) is 23.9 Å². The van der Waals surface area contributed by atoms with E-state index in [-0.39, 0.29) is 12.0 Å². The molecular weight excluding hydrogens is 168 g/mol. The Hall–Kier alpha value is -1.42. The van der Waals surface area contributed by atoms with E-state index in [1.54, 1.807) is 12.3 Å². The van der Waals surface area contributed by atoms with Crippen molar-refractivity contribution in [3.8, 4) is 0 Å². The fourth-order valence-corrected chi connectivity index (χ4v) is 1.09. The second-order valence-electron chi connectivity index (χ2n) is 2.98. The molecule has 1 aromatic rings. The number of pyridine rings is 1. The highest BCUT2D eigenvalue weighted by molar-refractivity contribution is 5.87. The molecule has 1 saturated heterocycles. The van der Waals surface area contributed by atoms with Crippen LogP contribution in [-0.2, 0) is 9.53 Å². The van der Waals surface area contributed by atoms with E-state index in [0.29, 0.717) is 5.82 Å². The number of aromatic nitrogens is 1. The summed E-state index contributed by atoms with van der Waals surface area (Å²) in [7, 11) is 0. The van der Waals surface area contributed by atoms with Crippen LogP contribution in [0, 0.1) is 0 Å². The van der Waals surface area contributed by atoms with Crippen LogP contribution in [0.4, 0.5) is 5.82 Å². The van der Waals surface area contributed by atoms with E-state index in [2.05, 4.69) is 10.3 Å². The van der Waals surface area contributed by atoms with Crippen molar-refractivity contribution in [3.63, 3.8) is 0 Å². The fraction of sp³-hybridized carbons (Fsp3) is 0.333. The minimum Gasteiger partial charge on any atom is -0.368 e. The Balaban J connectivity index is 2.08. The van der Waals surface area contributed by atoms with E-state index in [4.69, 9.17) is 4.74 Å². The minimum absolute atomic E-state index is 0.108.